The van der Waals surface area contributed by atoms with E-state index >= 15 is 0 Å². The van der Waals surface area contributed by atoms with Gasteiger partial charge in [0.15, 0.2) is 0 Å². The van der Waals surface area contributed by atoms with Crippen LogP contribution in [-0.4, -0.2) is 23.5 Å². The summed E-state index contributed by atoms with van der Waals surface area (Å²) in [6, 6.07) is -0.713. The largest absolute Gasteiger partial charge is 0.480 e. The first kappa shape index (κ1) is 12.4. The summed E-state index contributed by atoms with van der Waals surface area (Å²) in [7, 11) is 0. The van der Waals surface area contributed by atoms with Crippen LogP contribution in [0.2, 0.25) is 0 Å². The van der Waals surface area contributed by atoms with Crippen LogP contribution < -0.4 is 5.73 Å². The molecule has 0 aliphatic carbocycles. The summed E-state index contributed by atoms with van der Waals surface area (Å²) in [5.41, 5.74) is 5.16. The highest BCUT2D eigenvalue weighted by atomic mass is 35.5. The fourth-order valence-corrected chi connectivity index (χ4v) is 0.285. The monoisotopic (exact) mass is 167 g/mol. The van der Waals surface area contributed by atoms with Gasteiger partial charge in [-0.1, -0.05) is 13.8 Å². The van der Waals surface area contributed by atoms with E-state index in [4.69, 9.17) is 10.8 Å². The summed E-state index contributed by atoms with van der Waals surface area (Å²) in [5, 5.41) is 8.23. The molecule has 0 heterocycles. The van der Waals surface area contributed by atoms with Crippen molar-refractivity contribution >= 4 is 17.6 Å². The van der Waals surface area contributed by atoms with E-state index < -0.39 is 12.0 Å². The topological polar surface area (TPSA) is 63.3 Å². The van der Waals surface area contributed by atoms with Crippen molar-refractivity contribution in [3.05, 3.63) is 0 Å². The highest BCUT2D eigenvalue weighted by Gasteiger charge is 2.14. The van der Waals surface area contributed by atoms with Gasteiger partial charge in [0.05, 0.1) is 0 Å². The van der Waals surface area contributed by atoms with Gasteiger partial charge in [-0.2, -0.15) is 0 Å². The number of carbonyl (C=O) groups is 1. The molecule has 3 nitrogen and oxygen atoms in total. The van der Waals surface area contributed by atoms with Gasteiger partial charge in [0.2, 0.25) is 0 Å². The molecule has 0 aliphatic rings. The minimum absolute atomic E-state index is 0.0208. The third kappa shape index (κ3) is 5.85. The highest BCUT2D eigenvalue weighted by Crippen LogP contribution is 1.96. The fraction of sp³-hybridized carbons (Fsp3) is 0.833. The van der Waals surface area contributed by atoms with Gasteiger partial charge in [-0.15, -0.1) is 11.6 Å². The molecule has 0 aliphatic heterocycles. The molecule has 0 aromatic carbocycles. The Hall–Kier alpha value is -0.280. The van der Waals surface area contributed by atoms with Crippen LogP contribution >= 0.6 is 11.6 Å². The second-order valence-corrected chi connectivity index (χ2v) is 2.11. The number of hydrogen-bond acceptors (Lipinski definition) is 2. The van der Waals surface area contributed by atoms with Crippen LogP contribution in [0, 0.1) is 5.92 Å². The molecule has 0 fully saturated rings. The Morgan fingerprint density at radius 1 is 1.50 bits per heavy atom. The third-order valence-corrected chi connectivity index (χ3v) is 1.00. The quantitative estimate of drug-likeness (QED) is 0.601. The molecule has 0 aromatic rings. The normalized spacial score (nSPS) is 11.8. The van der Waals surface area contributed by atoms with Gasteiger partial charge in [0.1, 0.15) is 6.04 Å². The van der Waals surface area contributed by atoms with E-state index in [9.17, 15) is 4.79 Å². The predicted molar refractivity (Wildman–Crippen MR) is 42.2 cm³/mol. The Morgan fingerprint density at radius 2 is 1.80 bits per heavy atom. The van der Waals surface area contributed by atoms with Crippen molar-refractivity contribution in [3.63, 3.8) is 0 Å². The molecule has 10 heavy (non-hydrogen) atoms. The number of alkyl halides is 1. The van der Waals surface area contributed by atoms with Crippen LogP contribution in [0.3, 0.4) is 0 Å². The third-order valence-electron chi connectivity index (χ3n) is 1.00. The molecule has 0 aromatic heterocycles. The Bertz CT molecular complexity index is 95.7. The van der Waals surface area contributed by atoms with Crippen molar-refractivity contribution in [2.75, 3.05) is 6.38 Å². The molecule has 0 bridgehead atoms. The molecule has 0 amide bonds. The van der Waals surface area contributed by atoms with E-state index in [1.807, 2.05) is 0 Å². The highest BCUT2D eigenvalue weighted by molar-refractivity contribution is 6.15. The summed E-state index contributed by atoms with van der Waals surface area (Å²) in [5.74, 6) is -0.910. The molecule has 0 saturated heterocycles. The minimum atomic E-state index is -0.931. The number of carboxylic acid groups (broad SMARTS) is 1. The number of carboxylic acids is 1. The van der Waals surface area contributed by atoms with Crippen LogP contribution in [0.5, 0.6) is 0 Å². The van der Waals surface area contributed by atoms with Gasteiger partial charge in [-0.3, -0.25) is 4.79 Å². The Kier molecular flexibility index (Phi) is 8.48. The van der Waals surface area contributed by atoms with E-state index in [1.165, 1.54) is 6.38 Å². The lowest BCUT2D eigenvalue weighted by molar-refractivity contribution is -0.139. The van der Waals surface area contributed by atoms with E-state index in [2.05, 4.69) is 11.6 Å². The molecule has 0 spiro atoms. The lowest BCUT2D eigenvalue weighted by Crippen LogP contribution is -2.34. The first-order chi connectivity index (χ1) is 4.55. The predicted octanol–water partition coefficient (Wildman–Crippen LogP) is 0.909. The summed E-state index contributed by atoms with van der Waals surface area (Å²) >= 11 is 4.64. The first-order valence-electron chi connectivity index (χ1n) is 2.92. The molecule has 0 radical (unpaired) electrons. The zero-order valence-electron chi connectivity index (χ0n) is 6.47. The molecule has 0 rings (SSSR count). The standard InChI is InChI=1S/C5H11NO2.CH3Cl/c1-3(2)4(6)5(7)8;1-2/h3-4H,6H2,1-2H3,(H,7,8);1H3/t4-;/m1./s1. The van der Waals surface area contributed by atoms with Crippen LogP contribution in [0.4, 0.5) is 0 Å². The van der Waals surface area contributed by atoms with Crippen LogP contribution in [0.1, 0.15) is 13.8 Å². The molecular formula is C6H14ClNO2. The van der Waals surface area contributed by atoms with Crippen LogP contribution in [0.15, 0.2) is 0 Å². The van der Waals surface area contributed by atoms with Gasteiger partial charge in [-0.25, -0.2) is 0 Å². The Balaban J connectivity index is 0. The van der Waals surface area contributed by atoms with Crippen LogP contribution in [0.25, 0.3) is 0 Å². The number of aliphatic carboxylic acids is 1. The fourth-order valence-electron chi connectivity index (χ4n) is 0.285. The van der Waals surface area contributed by atoms with Gasteiger partial charge in [-0.05, 0) is 5.92 Å². The summed E-state index contributed by atoms with van der Waals surface area (Å²) in [6.45, 7) is 3.55. The van der Waals surface area contributed by atoms with E-state index in [0.717, 1.165) is 0 Å². The van der Waals surface area contributed by atoms with Crippen molar-refractivity contribution in [1.29, 1.82) is 0 Å². The smallest absolute Gasteiger partial charge is 0.320 e. The van der Waals surface area contributed by atoms with E-state index in [1.54, 1.807) is 13.8 Å². The number of nitrogens with two attached hydrogens (primary N) is 1. The van der Waals surface area contributed by atoms with E-state index in [-0.39, 0.29) is 5.92 Å². The maximum atomic E-state index is 10.0. The first-order valence-corrected chi connectivity index (χ1v) is 3.67. The van der Waals surface area contributed by atoms with Gasteiger partial charge in [0, 0.05) is 6.38 Å². The van der Waals surface area contributed by atoms with Gasteiger partial charge in [0.25, 0.3) is 0 Å². The Morgan fingerprint density at radius 3 is 1.80 bits per heavy atom. The second kappa shape index (κ2) is 6.83. The van der Waals surface area contributed by atoms with Crippen molar-refractivity contribution < 1.29 is 9.90 Å². The average Bonchev–Trinajstić information content (AvgIpc) is 1.90. The second-order valence-electron chi connectivity index (χ2n) is 2.11. The Labute approximate surface area is 66.2 Å². The summed E-state index contributed by atoms with van der Waals surface area (Å²) < 4.78 is 0. The number of halogens is 1. The maximum Gasteiger partial charge on any atom is 0.320 e. The number of hydrogen-bond donors (Lipinski definition) is 2. The molecule has 62 valence electrons. The lowest BCUT2D eigenvalue weighted by Gasteiger charge is -2.07. The maximum absolute atomic E-state index is 10.0. The summed E-state index contributed by atoms with van der Waals surface area (Å²) in [4.78, 5) is 10.0. The molecule has 0 saturated carbocycles. The SMILES string of the molecule is CC(C)[C@@H](N)C(=O)O.CCl. The lowest BCUT2D eigenvalue weighted by atomic mass is 10.1. The zero-order valence-corrected chi connectivity index (χ0v) is 7.22. The van der Waals surface area contributed by atoms with Crippen molar-refractivity contribution in [3.8, 4) is 0 Å². The van der Waals surface area contributed by atoms with Crippen molar-refractivity contribution in [2.24, 2.45) is 11.7 Å². The van der Waals surface area contributed by atoms with Gasteiger partial charge >= 0.3 is 5.97 Å². The molecule has 1 atom stereocenters. The zero-order chi connectivity index (χ0) is 8.73. The molecule has 3 N–H and O–H groups in total. The summed E-state index contributed by atoms with van der Waals surface area (Å²) in [6.07, 6.45) is 1.47. The number of rotatable bonds is 2. The van der Waals surface area contributed by atoms with Crippen molar-refractivity contribution in [2.45, 2.75) is 19.9 Å². The molecule has 4 heteroatoms. The molecule has 0 unspecified atom stereocenters. The van der Waals surface area contributed by atoms with E-state index in [0.29, 0.717) is 0 Å². The van der Waals surface area contributed by atoms with Crippen molar-refractivity contribution in [1.82, 2.24) is 0 Å². The van der Waals surface area contributed by atoms with Crippen LogP contribution in [-0.2, 0) is 4.79 Å². The van der Waals surface area contributed by atoms with Gasteiger partial charge < -0.3 is 10.8 Å². The minimum Gasteiger partial charge on any atom is -0.480 e. The average molecular weight is 168 g/mol. The molecular weight excluding hydrogens is 154 g/mol.